The van der Waals surface area contributed by atoms with Crippen LogP contribution < -0.4 is 21.3 Å². The van der Waals surface area contributed by atoms with Gasteiger partial charge in [-0.05, 0) is 125 Å². The molecular formula is C68H50BNS. The minimum absolute atomic E-state index is 0.00814. The van der Waals surface area contributed by atoms with Gasteiger partial charge in [-0.3, -0.25) is 0 Å². The molecule has 5 aliphatic rings. The van der Waals surface area contributed by atoms with Crippen molar-refractivity contribution in [1.29, 1.82) is 0 Å². The molecular weight excluding hydrogens is 874 g/mol. The summed E-state index contributed by atoms with van der Waals surface area (Å²) in [5.74, 6) is 0.513. The first kappa shape index (κ1) is 42.1. The third-order valence-corrected chi connectivity index (χ3v) is 16.8. The second-order valence-electron chi connectivity index (χ2n) is 20.8. The first-order valence-electron chi connectivity index (χ1n) is 25.1. The fraction of sp³-hybridized carbons (Fsp3) is 0.0882. The highest BCUT2D eigenvalue weighted by molar-refractivity contribution is 8.00. The summed E-state index contributed by atoms with van der Waals surface area (Å²) in [6.45, 7) is 7.08. The van der Waals surface area contributed by atoms with E-state index in [1.54, 1.807) is 0 Å². The van der Waals surface area contributed by atoms with E-state index in [1.807, 2.05) is 11.8 Å². The summed E-state index contributed by atoms with van der Waals surface area (Å²) in [5, 5.41) is 0. The Hall–Kier alpha value is -7.85. The van der Waals surface area contributed by atoms with Crippen LogP contribution in [0.15, 0.2) is 240 Å². The quantitative estimate of drug-likeness (QED) is 0.153. The van der Waals surface area contributed by atoms with Gasteiger partial charge in [0.2, 0.25) is 6.71 Å². The van der Waals surface area contributed by atoms with Crippen molar-refractivity contribution in [3.8, 4) is 44.5 Å². The Morgan fingerprint density at radius 2 is 1.07 bits per heavy atom. The minimum atomic E-state index is -0.101. The molecule has 0 saturated carbocycles. The molecule has 9 aromatic rings. The second-order valence-corrected chi connectivity index (χ2v) is 21.9. The first-order valence-corrected chi connectivity index (χ1v) is 25.9. The van der Waals surface area contributed by atoms with Crippen LogP contribution in [0.1, 0.15) is 54.5 Å². The average Bonchev–Trinajstić information content (AvgIpc) is 3.43. The molecule has 3 heteroatoms. The van der Waals surface area contributed by atoms with E-state index >= 15 is 0 Å². The molecule has 0 saturated heterocycles. The summed E-state index contributed by atoms with van der Waals surface area (Å²) in [7, 11) is 0. The van der Waals surface area contributed by atoms with Crippen LogP contribution in [0.3, 0.4) is 0 Å². The van der Waals surface area contributed by atoms with Gasteiger partial charge in [0.25, 0.3) is 0 Å². The molecule has 0 amide bonds. The van der Waals surface area contributed by atoms with Crippen molar-refractivity contribution < 1.29 is 0 Å². The second kappa shape index (κ2) is 16.4. The van der Waals surface area contributed by atoms with E-state index in [2.05, 4.69) is 262 Å². The van der Waals surface area contributed by atoms with Gasteiger partial charge in [-0.15, -0.1) is 0 Å². The molecule has 0 aromatic heterocycles. The van der Waals surface area contributed by atoms with Crippen molar-refractivity contribution >= 4 is 69.7 Å². The molecule has 9 aromatic carbocycles. The Bertz CT molecular complexity index is 3700. The topological polar surface area (TPSA) is 3.24 Å². The van der Waals surface area contributed by atoms with E-state index in [0.29, 0.717) is 0 Å². The van der Waals surface area contributed by atoms with E-state index < -0.39 is 0 Å². The molecule has 0 spiro atoms. The predicted molar refractivity (Wildman–Crippen MR) is 304 cm³/mol. The highest BCUT2D eigenvalue weighted by Crippen LogP contribution is 2.54. The standard InChI is InChI=1S/C68H50BNS/c1-68(2,3)53-41-61-66-63(42-53)71-62-36-32-50(43-17-8-4-9-18-43)39-59(62)69(66)58-40-51(54-33-29-49-28-27-47-25-16-26-48-30-34-55(54)65(49)64(47)48)31-35-60(58)70(61)67-56(45-21-12-6-13-22-45)37-52(44-19-10-5-11-20-44)38-57(67)46-23-14-7-15-24-46/h4-42,55,65H,1-3H3. The number of nitrogens with zero attached hydrogens (tertiary/aromatic N) is 1. The average molecular weight is 924 g/mol. The summed E-state index contributed by atoms with van der Waals surface area (Å²) >= 11 is 1.94. The lowest BCUT2D eigenvalue weighted by Crippen LogP contribution is -2.60. The molecule has 2 atom stereocenters. The van der Waals surface area contributed by atoms with E-state index in [-0.39, 0.29) is 24.0 Å². The number of rotatable bonds is 6. The van der Waals surface area contributed by atoms with E-state index in [1.165, 1.54) is 127 Å². The predicted octanol–water partition coefficient (Wildman–Crippen LogP) is 16.2. The van der Waals surface area contributed by atoms with Gasteiger partial charge in [-0.1, -0.05) is 238 Å². The molecule has 2 aliphatic heterocycles. The summed E-state index contributed by atoms with van der Waals surface area (Å²) in [6, 6.07) is 75.4. The van der Waals surface area contributed by atoms with Crippen LogP contribution in [0, 0.1) is 5.92 Å². The Balaban J connectivity index is 1.08. The van der Waals surface area contributed by atoms with Gasteiger partial charge in [0.05, 0.1) is 5.69 Å². The lowest BCUT2D eigenvalue weighted by Gasteiger charge is -2.43. The molecule has 1 nitrogen and oxygen atoms in total. The Labute approximate surface area is 422 Å². The number of benzene rings is 9. The summed E-state index contributed by atoms with van der Waals surface area (Å²) in [5.41, 5.74) is 26.8. The number of fused-ring (bicyclic) bond motifs is 4. The van der Waals surface area contributed by atoms with Gasteiger partial charge in [-0.2, -0.15) is 0 Å². The number of hydrogen-bond acceptors (Lipinski definition) is 2. The van der Waals surface area contributed by atoms with Crippen LogP contribution in [0.25, 0.3) is 62.2 Å². The zero-order valence-corrected chi connectivity index (χ0v) is 40.9. The number of hydrogen-bond donors (Lipinski definition) is 0. The molecule has 0 radical (unpaired) electrons. The fourth-order valence-electron chi connectivity index (χ4n) is 12.2. The van der Waals surface area contributed by atoms with Crippen molar-refractivity contribution in [3.63, 3.8) is 0 Å². The van der Waals surface area contributed by atoms with Crippen molar-refractivity contribution in [3.05, 3.63) is 258 Å². The lowest BCUT2D eigenvalue weighted by atomic mass is 9.34. The molecule has 71 heavy (non-hydrogen) atoms. The fourth-order valence-corrected chi connectivity index (χ4v) is 13.4. The van der Waals surface area contributed by atoms with Gasteiger partial charge < -0.3 is 4.90 Å². The van der Waals surface area contributed by atoms with Gasteiger partial charge in [-0.25, -0.2) is 0 Å². The molecule has 2 heterocycles. The summed E-state index contributed by atoms with van der Waals surface area (Å²) in [6.07, 6.45) is 14.3. The normalized spacial score (nSPS) is 16.6. The van der Waals surface area contributed by atoms with Crippen molar-refractivity contribution in [2.75, 3.05) is 4.90 Å². The lowest BCUT2D eigenvalue weighted by molar-refractivity contribution is 0.589. The zero-order valence-electron chi connectivity index (χ0n) is 40.1. The SMILES string of the molecule is CC(C)(C)c1cc2c3c(c1)N(c1c(-c4ccccc4)cc(-c4ccccc4)cc1-c1ccccc1)c1ccc(C4=CC=C5C=Cc6cccc7c6C5C4C=C7)cc1B3c1cc(-c3ccccc3)ccc1S2. The maximum Gasteiger partial charge on any atom is 0.249 e. The van der Waals surface area contributed by atoms with Gasteiger partial charge in [0, 0.05) is 44.1 Å². The van der Waals surface area contributed by atoms with Gasteiger partial charge in [0.15, 0.2) is 0 Å². The van der Waals surface area contributed by atoms with E-state index in [0.717, 1.165) is 0 Å². The molecule has 2 unspecified atom stereocenters. The highest BCUT2D eigenvalue weighted by atomic mass is 32.2. The molecule has 336 valence electrons. The third kappa shape index (κ3) is 6.85. The Morgan fingerprint density at radius 1 is 0.465 bits per heavy atom. The summed E-state index contributed by atoms with van der Waals surface area (Å²) < 4.78 is 0. The molecule has 3 aliphatic carbocycles. The van der Waals surface area contributed by atoms with Crippen LogP contribution in [-0.4, -0.2) is 6.71 Å². The van der Waals surface area contributed by atoms with Crippen molar-refractivity contribution in [2.45, 2.75) is 41.9 Å². The zero-order chi connectivity index (χ0) is 47.4. The van der Waals surface area contributed by atoms with Gasteiger partial charge in [0.1, 0.15) is 0 Å². The minimum Gasteiger partial charge on any atom is -0.310 e. The smallest absolute Gasteiger partial charge is 0.249 e. The molecule has 14 rings (SSSR count). The molecule has 0 bridgehead atoms. The van der Waals surface area contributed by atoms with Crippen LogP contribution in [0.2, 0.25) is 0 Å². The van der Waals surface area contributed by atoms with Crippen LogP contribution in [0.4, 0.5) is 17.1 Å². The van der Waals surface area contributed by atoms with Crippen LogP contribution in [-0.2, 0) is 5.41 Å². The van der Waals surface area contributed by atoms with Gasteiger partial charge >= 0.3 is 0 Å². The van der Waals surface area contributed by atoms with Crippen LogP contribution in [0.5, 0.6) is 0 Å². The van der Waals surface area contributed by atoms with Crippen LogP contribution >= 0.6 is 11.8 Å². The number of anilines is 3. The van der Waals surface area contributed by atoms with Crippen molar-refractivity contribution in [1.82, 2.24) is 0 Å². The maximum absolute atomic E-state index is 2.68. The Kier molecular flexibility index (Phi) is 9.70. The largest absolute Gasteiger partial charge is 0.310 e. The first-order chi connectivity index (χ1) is 34.8. The summed E-state index contributed by atoms with van der Waals surface area (Å²) in [4.78, 5) is 5.33. The van der Waals surface area contributed by atoms with Crippen molar-refractivity contribution in [2.24, 2.45) is 5.92 Å². The van der Waals surface area contributed by atoms with E-state index in [9.17, 15) is 0 Å². The monoisotopic (exact) mass is 923 g/mol. The molecule has 0 N–H and O–H groups in total. The Morgan fingerprint density at radius 3 is 1.73 bits per heavy atom. The highest BCUT2D eigenvalue weighted by Gasteiger charge is 2.44. The van der Waals surface area contributed by atoms with E-state index in [4.69, 9.17) is 0 Å². The number of allylic oxidation sites excluding steroid dienone is 6. The maximum atomic E-state index is 2.68. The third-order valence-electron chi connectivity index (χ3n) is 15.6. The molecule has 0 fully saturated rings.